The molecule has 1 unspecified atom stereocenters. The van der Waals surface area contributed by atoms with E-state index in [1.165, 1.54) is 0 Å². The molecule has 0 bridgehead atoms. The van der Waals surface area contributed by atoms with Crippen molar-refractivity contribution < 1.29 is 14.6 Å². The molecule has 0 aromatic rings. The first-order chi connectivity index (χ1) is 6.20. The number of rotatable bonds is 4. The summed E-state index contributed by atoms with van der Waals surface area (Å²) in [7, 11) is 0. The highest BCUT2D eigenvalue weighted by molar-refractivity contribution is 5.85. The van der Waals surface area contributed by atoms with Gasteiger partial charge >= 0.3 is 5.97 Å². The summed E-state index contributed by atoms with van der Waals surface area (Å²) in [6.07, 6.45) is 0.509. The number of hydrogen-bond acceptors (Lipinski definition) is 4. The molecule has 1 saturated heterocycles. The predicted molar refractivity (Wildman–Crippen MR) is 54.7 cm³/mol. The number of carboxylic acid groups (broad SMARTS) is 1. The fraction of sp³-hybridized carbons (Fsp3) is 0.875. The van der Waals surface area contributed by atoms with Gasteiger partial charge in [0.25, 0.3) is 0 Å². The van der Waals surface area contributed by atoms with Gasteiger partial charge in [0.05, 0.1) is 13.2 Å². The van der Waals surface area contributed by atoms with Crippen LogP contribution in [0.5, 0.6) is 0 Å². The number of aliphatic carboxylic acids is 1. The molecule has 1 aliphatic heterocycles. The Morgan fingerprint density at radius 2 is 2.07 bits per heavy atom. The molecule has 0 radical (unpaired) electrons. The summed E-state index contributed by atoms with van der Waals surface area (Å²) in [6.45, 7) is 3.99. The average Bonchev–Trinajstić information content (AvgIpc) is 2.15. The van der Waals surface area contributed by atoms with Crippen LogP contribution in [0.4, 0.5) is 0 Å². The van der Waals surface area contributed by atoms with Crippen LogP contribution in [0.1, 0.15) is 6.42 Å². The van der Waals surface area contributed by atoms with E-state index < -0.39 is 12.0 Å². The van der Waals surface area contributed by atoms with E-state index in [2.05, 4.69) is 4.90 Å². The molecule has 5 nitrogen and oxygen atoms in total. The van der Waals surface area contributed by atoms with Crippen LogP contribution in [0.25, 0.3) is 0 Å². The molecule has 3 N–H and O–H groups in total. The van der Waals surface area contributed by atoms with Crippen LogP contribution >= 0.6 is 12.4 Å². The third-order valence-electron chi connectivity index (χ3n) is 2.18. The van der Waals surface area contributed by atoms with Crippen molar-refractivity contribution in [1.29, 1.82) is 0 Å². The summed E-state index contributed by atoms with van der Waals surface area (Å²) in [4.78, 5) is 12.6. The van der Waals surface area contributed by atoms with Gasteiger partial charge in [-0.3, -0.25) is 9.69 Å². The number of nitrogens with two attached hydrogens (primary N) is 1. The topological polar surface area (TPSA) is 75.8 Å². The van der Waals surface area contributed by atoms with Crippen molar-refractivity contribution >= 4 is 18.4 Å². The average molecular weight is 225 g/mol. The molecule has 0 amide bonds. The fourth-order valence-electron chi connectivity index (χ4n) is 1.27. The van der Waals surface area contributed by atoms with Gasteiger partial charge in [-0.15, -0.1) is 12.4 Å². The normalized spacial score (nSPS) is 19.8. The number of halogens is 1. The monoisotopic (exact) mass is 224 g/mol. The summed E-state index contributed by atoms with van der Waals surface area (Å²) in [6, 6.07) is -0.733. The summed E-state index contributed by atoms with van der Waals surface area (Å²) in [5.41, 5.74) is 5.38. The van der Waals surface area contributed by atoms with Crippen LogP contribution in [0.3, 0.4) is 0 Å². The number of carbonyl (C=O) groups is 1. The number of carboxylic acids is 1. The second-order valence-electron chi connectivity index (χ2n) is 3.19. The van der Waals surface area contributed by atoms with Gasteiger partial charge in [-0.2, -0.15) is 0 Å². The molecule has 0 aliphatic carbocycles. The van der Waals surface area contributed by atoms with Crippen LogP contribution in [-0.2, 0) is 9.53 Å². The zero-order valence-electron chi connectivity index (χ0n) is 8.02. The smallest absolute Gasteiger partial charge is 0.320 e. The van der Waals surface area contributed by atoms with Gasteiger partial charge in [-0.05, 0) is 6.42 Å². The molecule has 0 saturated carbocycles. The van der Waals surface area contributed by atoms with E-state index >= 15 is 0 Å². The molecular formula is C8H17ClN2O3. The van der Waals surface area contributed by atoms with Crippen LogP contribution < -0.4 is 5.73 Å². The fourth-order valence-corrected chi connectivity index (χ4v) is 1.27. The number of ether oxygens (including phenoxy) is 1. The Morgan fingerprint density at radius 3 is 2.57 bits per heavy atom. The van der Waals surface area contributed by atoms with Crippen LogP contribution in [-0.4, -0.2) is 54.9 Å². The third kappa shape index (κ3) is 4.76. The lowest BCUT2D eigenvalue weighted by Gasteiger charge is -2.26. The SMILES string of the molecule is Cl.NC(CCN1CCOCC1)C(=O)O. The largest absolute Gasteiger partial charge is 0.480 e. The summed E-state index contributed by atoms with van der Waals surface area (Å²) < 4.78 is 5.16. The van der Waals surface area contributed by atoms with Crippen LogP contribution in [0, 0.1) is 0 Å². The van der Waals surface area contributed by atoms with Gasteiger partial charge in [-0.1, -0.05) is 0 Å². The highest BCUT2D eigenvalue weighted by Crippen LogP contribution is 1.99. The van der Waals surface area contributed by atoms with E-state index in [0.717, 1.165) is 32.8 Å². The minimum Gasteiger partial charge on any atom is -0.480 e. The quantitative estimate of drug-likeness (QED) is 0.676. The molecule has 14 heavy (non-hydrogen) atoms. The van der Waals surface area contributed by atoms with Gasteiger partial charge < -0.3 is 15.6 Å². The zero-order chi connectivity index (χ0) is 9.68. The lowest BCUT2D eigenvalue weighted by atomic mass is 10.2. The molecule has 1 aliphatic rings. The summed E-state index contributed by atoms with van der Waals surface area (Å²) in [5.74, 6) is -0.923. The van der Waals surface area contributed by atoms with Gasteiger partial charge in [0.2, 0.25) is 0 Å². The molecule has 84 valence electrons. The van der Waals surface area contributed by atoms with Gasteiger partial charge in [0.15, 0.2) is 0 Å². The summed E-state index contributed by atoms with van der Waals surface area (Å²) >= 11 is 0. The van der Waals surface area contributed by atoms with Crippen molar-refractivity contribution in [3.8, 4) is 0 Å². The van der Waals surface area contributed by atoms with Crippen LogP contribution in [0.15, 0.2) is 0 Å². The molecule has 1 rings (SSSR count). The lowest BCUT2D eigenvalue weighted by Crippen LogP contribution is -2.40. The van der Waals surface area contributed by atoms with Crippen molar-refractivity contribution in [2.45, 2.75) is 12.5 Å². The molecule has 0 spiro atoms. The van der Waals surface area contributed by atoms with E-state index in [-0.39, 0.29) is 12.4 Å². The van der Waals surface area contributed by atoms with Gasteiger partial charge in [0.1, 0.15) is 6.04 Å². The Morgan fingerprint density at radius 1 is 1.50 bits per heavy atom. The first kappa shape index (κ1) is 13.6. The van der Waals surface area contributed by atoms with Crippen molar-refractivity contribution in [2.75, 3.05) is 32.8 Å². The highest BCUT2D eigenvalue weighted by Gasteiger charge is 2.15. The number of morpholine rings is 1. The standard InChI is InChI=1S/C8H16N2O3.ClH/c9-7(8(11)12)1-2-10-3-5-13-6-4-10;/h7H,1-6,9H2,(H,11,12);1H. The highest BCUT2D eigenvalue weighted by atomic mass is 35.5. The molecule has 6 heteroatoms. The third-order valence-corrected chi connectivity index (χ3v) is 2.18. The molecule has 1 heterocycles. The van der Waals surface area contributed by atoms with Crippen molar-refractivity contribution in [1.82, 2.24) is 4.90 Å². The van der Waals surface area contributed by atoms with E-state index in [1.807, 2.05) is 0 Å². The van der Waals surface area contributed by atoms with Crippen molar-refractivity contribution in [3.05, 3.63) is 0 Å². The van der Waals surface area contributed by atoms with Crippen molar-refractivity contribution in [3.63, 3.8) is 0 Å². The van der Waals surface area contributed by atoms with Crippen molar-refractivity contribution in [2.24, 2.45) is 5.73 Å². The molecule has 0 aromatic carbocycles. The molecular weight excluding hydrogens is 208 g/mol. The Bertz CT molecular complexity index is 174. The summed E-state index contributed by atoms with van der Waals surface area (Å²) in [5, 5.41) is 8.54. The van der Waals surface area contributed by atoms with E-state index in [9.17, 15) is 4.79 Å². The maximum absolute atomic E-state index is 10.4. The molecule has 1 fully saturated rings. The first-order valence-corrected chi connectivity index (χ1v) is 4.48. The Hall–Kier alpha value is -0.360. The first-order valence-electron chi connectivity index (χ1n) is 4.48. The van der Waals surface area contributed by atoms with Crippen LogP contribution in [0.2, 0.25) is 0 Å². The van der Waals surface area contributed by atoms with E-state index in [1.54, 1.807) is 0 Å². The van der Waals surface area contributed by atoms with Gasteiger partial charge in [0, 0.05) is 19.6 Å². The number of nitrogens with zero attached hydrogens (tertiary/aromatic N) is 1. The Kier molecular flexibility index (Phi) is 6.82. The number of hydrogen-bond donors (Lipinski definition) is 2. The van der Waals surface area contributed by atoms with E-state index in [4.69, 9.17) is 15.6 Å². The second kappa shape index (κ2) is 7.00. The maximum atomic E-state index is 10.4. The minimum absolute atomic E-state index is 0. The minimum atomic E-state index is -0.923. The lowest BCUT2D eigenvalue weighted by molar-refractivity contribution is -0.138. The Balaban J connectivity index is 0.00000169. The van der Waals surface area contributed by atoms with Gasteiger partial charge in [-0.25, -0.2) is 0 Å². The Labute approximate surface area is 89.6 Å². The maximum Gasteiger partial charge on any atom is 0.320 e. The second-order valence-corrected chi connectivity index (χ2v) is 3.19. The zero-order valence-corrected chi connectivity index (χ0v) is 8.83. The molecule has 1 atom stereocenters. The molecule has 0 aromatic heterocycles. The van der Waals surface area contributed by atoms with E-state index in [0.29, 0.717) is 6.42 Å². The predicted octanol–water partition coefficient (Wildman–Crippen LogP) is -0.458.